The van der Waals surface area contributed by atoms with E-state index >= 15 is 0 Å². The second kappa shape index (κ2) is 7.12. The molecule has 2 heterocycles. The fraction of sp³-hybridized carbons (Fsp3) is 0.250. The molecule has 0 radical (unpaired) electrons. The van der Waals surface area contributed by atoms with Crippen molar-refractivity contribution in [3.63, 3.8) is 0 Å². The fourth-order valence-electron chi connectivity index (χ4n) is 3.20. The van der Waals surface area contributed by atoms with Gasteiger partial charge in [-0.25, -0.2) is 4.39 Å². The number of carbonyl (C=O) groups is 1. The van der Waals surface area contributed by atoms with Crippen molar-refractivity contribution in [2.75, 3.05) is 0 Å². The molecule has 3 aromatic rings. The van der Waals surface area contributed by atoms with Gasteiger partial charge < -0.3 is 9.42 Å². The molecule has 0 bridgehead atoms. The number of aryl methyl sites for hydroxylation is 1. The molecular formula is C20H17ClFN3O2. The van der Waals surface area contributed by atoms with Gasteiger partial charge in [-0.3, -0.25) is 4.79 Å². The smallest absolute Gasteiger partial charge is 0.249 e. The van der Waals surface area contributed by atoms with Crippen LogP contribution in [0.3, 0.4) is 0 Å². The van der Waals surface area contributed by atoms with Gasteiger partial charge in [-0.1, -0.05) is 46.6 Å². The molecular weight excluding hydrogens is 369 g/mol. The Morgan fingerprint density at radius 3 is 2.78 bits per heavy atom. The van der Waals surface area contributed by atoms with Gasteiger partial charge in [0.15, 0.2) is 0 Å². The maximum absolute atomic E-state index is 13.7. The fourth-order valence-corrected chi connectivity index (χ4v) is 3.32. The summed E-state index contributed by atoms with van der Waals surface area (Å²) < 4.78 is 19.1. The third kappa shape index (κ3) is 3.57. The first kappa shape index (κ1) is 17.7. The van der Waals surface area contributed by atoms with Crippen molar-refractivity contribution in [3.05, 3.63) is 70.3 Å². The highest BCUT2D eigenvalue weighted by Gasteiger charge is 2.36. The van der Waals surface area contributed by atoms with Crippen LogP contribution in [0.2, 0.25) is 5.02 Å². The normalized spacial score (nSPS) is 16.9. The summed E-state index contributed by atoms with van der Waals surface area (Å²) in [7, 11) is 0. The lowest BCUT2D eigenvalue weighted by atomic mass is 10.1. The maximum atomic E-state index is 13.7. The first-order valence-corrected chi connectivity index (χ1v) is 9.03. The largest absolute Gasteiger partial charge is 0.337 e. The monoisotopic (exact) mass is 385 g/mol. The van der Waals surface area contributed by atoms with E-state index in [0.29, 0.717) is 30.8 Å². The van der Waals surface area contributed by atoms with Crippen molar-refractivity contribution >= 4 is 17.5 Å². The number of benzene rings is 2. The van der Waals surface area contributed by atoms with E-state index in [1.54, 1.807) is 11.0 Å². The summed E-state index contributed by atoms with van der Waals surface area (Å²) >= 11 is 5.72. The Kier molecular flexibility index (Phi) is 4.66. The van der Waals surface area contributed by atoms with Gasteiger partial charge in [0.05, 0.1) is 5.02 Å². The molecule has 1 aromatic heterocycles. The minimum absolute atomic E-state index is 0.0353. The van der Waals surface area contributed by atoms with E-state index in [4.69, 9.17) is 16.1 Å². The van der Waals surface area contributed by atoms with E-state index in [-0.39, 0.29) is 22.8 Å². The van der Waals surface area contributed by atoms with Crippen LogP contribution in [-0.4, -0.2) is 20.9 Å². The first-order chi connectivity index (χ1) is 13.0. The van der Waals surface area contributed by atoms with E-state index in [2.05, 4.69) is 10.1 Å². The van der Waals surface area contributed by atoms with Crippen LogP contribution < -0.4 is 0 Å². The maximum Gasteiger partial charge on any atom is 0.249 e. The van der Waals surface area contributed by atoms with Crippen LogP contribution in [0.15, 0.2) is 47.0 Å². The third-order valence-corrected chi connectivity index (χ3v) is 5.01. The average Bonchev–Trinajstić information content (AvgIpc) is 3.27. The first-order valence-electron chi connectivity index (χ1n) is 8.65. The van der Waals surface area contributed by atoms with Crippen molar-refractivity contribution in [2.24, 2.45) is 0 Å². The Morgan fingerprint density at radius 1 is 1.26 bits per heavy atom. The highest BCUT2D eigenvalue weighted by molar-refractivity contribution is 6.30. The average molecular weight is 386 g/mol. The molecule has 1 amide bonds. The highest BCUT2D eigenvalue weighted by Crippen LogP contribution is 2.34. The lowest BCUT2D eigenvalue weighted by Crippen LogP contribution is -2.27. The van der Waals surface area contributed by atoms with Crippen molar-refractivity contribution in [1.29, 1.82) is 0 Å². The van der Waals surface area contributed by atoms with Gasteiger partial charge in [-0.15, -0.1) is 0 Å². The van der Waals surface area contributed by atoms with Crippen molar-refractivity contribution in [2.45, 2.75) is 32.4 Å². The Labute approximate surface area is 160 Å². The molecule has 1 fully saturated rings. The van der Waals surface area contributed by atoms with Gasteiger partial charge in [-0.2, -0.15) is 4.98 Å². The number of likely N-dealkylation sites (tertiary alicyclic amines) is 1. The second-order valence-corrected chi connectivity index (χ2v) is 7.05. The lowest BCUT2D eigenvalue weighted by molar-refractivity contribution is -0.129. The van der Waals surface area contributed by atoms with Crippen LogP contribution in [0, 0.1) is 12.7 Å². The number of halogens is 2. The summed E-state index contributed by atoms with van der Waals surface area (Å²) in [5, 5.41) is 3.98. The Hall–Kier alpha value is -2.73. The van der Waals surface area contributed by atoms with Crippen LogP contribution in [0.4, 0.5) is 4.39 Å². The van der Waals surface area contributed by atoms with Crippen molar-refractivity contribution < 1.29 is 13.7 Å². The predicted octanol–water partition coefficient (Wildman–Crippen LogP) is 4.70. The number of carbonyl (C=O) groups excluding carboxylic acids is 1. The molecule has 2 aromatic carbocycles. The van der Waals surface area contributed by atoms with Gasteiger partial charge in [0.25, 0.3) is 0 Å². The van der Waals surface area contributed by atoms with Gasteiger partial charge in [0, 0.05) is 18.5 Å². The molecule has 1 aliphatic heterocycles. The van der Waals surface area contributed by atoms with Crippen LogP contribution in [0.5, 0.6) is 0 Å². The summed E-state index contributed by atoms with van der Waals surface area (Å²) in [4.78, 5) is 18.5. The van der Waals surface area contributed by atoms with E-state index in [0.717, 1.165) is 5.56 Å². The number of nitrogens with zero attached hydrogens (tertiary/aromatic N) is 3. The molecule has 1 aliphatic rings. The van der Waals surface area contributed by atoms with Crippen molar-refractivity contribution in [1.82, 2.24) is 15.0 Å². The third-order valence-electron chi connectivity index (χ3n) is 4.71. The van der Waals surface area contributed by atoms with E-state index in [1.165, 1.54) is 17.7 Å². The second-order valence-electron chi connectivity index (χ2n) is 6.65. The summed E-state index contributed by atoms with van der Waals surface area (Å²) in [6, 6.07) is 12.1. The molecule has 138 valence electrons. The van der Waals surface area contributed by atoms with Gasteiger partial charge in [0.2, 0.25) is 17.6 Å². The van der Waals surface area contributed by atoms with Gasteiger partial charge in [0.1, 0.15) is 11.9 Å². The predicted molar refractivity (Wildman–Crippen MR) is 98.4 cm³/mol. The molecule has 1 unspecified atom stereocenters. The molecule has 1 saturated heterocycles. The molecule has 0 aliphatic carbocycles. The van der Waals surface area contributed by atoms with Crippen LogP contribution in [0.25, 0.3) is 11.4 Å². The molecule has 7 heteroatoms. The molecule has 4 rings (SSSR count). The summed E-state index contributed by atoms with van der Waals surface area (Å²) in [5.74, 6) is 0.143. The van der Waals surface area contributed by atoms with Crippen LogP contribution in [0.1, 0.15) is 35.9 Å². The quantitative estimate of drug-likeness (QED) is 0.653. The summed E-state index contributed by atoms with van der Waals surface area (Å²) in [5.41, 5.74) is 2.68. The van der Waals surface area contributed by atoms with E-state index in [9.17, 15) is 9.18 Å². The summed E-state index contributed by atoms with van der Waals surface area (Å²) in [6.07, 6.45) is 1.05. The summed E-state index contributed by atoms with van der Waals surface area (Å²) in [6.45, 7) is 2.50. The van der Waals surface area contributed by atoms with E-state index in [1.807, 2.05) is 31.2 Å². The molecule has 5 nitrogen and oxygen atoms in total. The SMILES string of the molecule is Cc1ccc(CN2C(=O)CCC2c2nc(-c3ccc(Cl)c(F)c3)no2)cc1. The zero-order valence-electron chi connectivity index (χ0n) is 14.7. The Balaban J connectivity index is 1.58. The highest BCUT2D eigenvalue weighted by atomic mass is 35.5. The number of rotatable bonds is 4. The molecule has 0 N–H and O–H groups in total. The van der Waals surface area contributed by atoms with Gasteiger partial charge >= 0.3 is 0 Å². The number of amides is 1. The molecule has 0 saturated carbocycles. The lowest BCUT2D eigenvalue weighted by Gasteiger charge is -2.22. The molecule has 27 heavy (non-hydrogen) atoms. The van der Waals surface area contributed by atoms with Crippen LogP contribution >= 0.6 is 11.6 Å². The topological polar surface area (TPSA) is 59.2 Å². The Bertz CT molecular complexity index is 987. The Morgan fingerprint density at radius 2 is 2.04 bits per heavy atom. The van der Waals surface area contributed by atoms with E-state index < -0.39 is 5.82 Å². The number of hydrogen-bond acceptors (Lipinski definition) is 4. The standard InChI is InChI=1S/C20H17ClFN3O2/c1-12-2-4-13(5-3-12)11-25-17(8-9-18(25)26)20-23-19(24-27-20)14-6-7-15(21)16(22)10-14/h2-7,10,17H,8-9,11H2,1H3. The zero-order chi connectivity index (χ0) is 19.0. The minimum Gasteiger partial charge on any atom is -0.337 e. The van der Waals surface area contributed by atoms with Crippen molar-refractivity contribution in [3.8, 4) is 11.4 Å². The zero-order valence-corrected chi connectivity index (χ0v) is 15.4. The van der Waals surface area contributed by atoms with Crippen LogP contribution in [-0.2, 0) is 11.3 Å². The number of aromatic nitrogens is 2. The molecule has 0 spiro atoms. The minimum atomic E-state index is -0.544. The molecule has 1 atom stereocenters. The number of hydrogen-bond donors (Lipinski definition) is 0. The van der Waals surface area contributed by atoms with Gasteiger partial charge in [-0.05, 0) is 37.1 Å².